The highest BCUT2D eigenvalue weighted by atomic mass is 16.6. The Morgan fingerprint density at radius 3 is 2.23 bits per heavy atom. The molecule has 0 bridgehead atoms. The third-order valence-corrected chi connectivity index (χ3v) is 2.78. The summed E-state index contributed by atoms with van der Waals surface area (Å²) in [7, 11) is 0. The van der Waals surface area contributed by atoms with E-state index in [1.165, 1.54) is 25.1 Å². The SMILES string of the molecule is C=C(C)C(=O)OC(=O)c1ccccc1C(=O)OCC(O)CC. The van der Waals surface area contributed by atoms with Crippen molar-refractivity contribution in [2.75, 3.05) is 6.61 Å². The molecule has 1 rings (SSSR count). The molecule has 0 aromatic heterocycles. The van der Waals surface area contributed by atoms with E-state index in [1.807, 2.05) is 0 Å². The van der Waals surface area contributed by atoms with Crippen molar-refractivity contribution in [2.45, 2.75) is 26.4 Å². The average Bonchev–Trinajstić information content (AvgIpc) is 2.51. The van der Waals surface area contributed by atoms with Gasteiger partial charge >= 0.3 is 17.9 Å². The van der Waals surface area contributed by atoms with E-state index in [9.17, 15) is 19.5 Å². The van der Waals surface area contributed by atoms with Crippen molar-refractivity contribution >= 4 is 17.9 Å². The summed E-state index contributed by atoms with van der Waals surface area (Å²) < 4.78 is 9.53. The number of carbonyl (C=O) groups is 3. The van der Waals surface area contributed by atoms with Crippen LogP contribution in [0.15, 0.2) is 36.4 Å². The van der Waals surface area contributed by atoms with Gasteiger partial charge in [0.1, 0.15) is 6.61 Å². The van der Waals surface area contributed by atoms with Crippen molar-refractivity contribution in [3.05, 3.63) is 47.5 Å². The van der Waals surface area contributed by atoms with Gasteiger partial charge < -0.3 is 14.6 Å². The summed E-state index contributed by atoms with van der Waals surface area (Å²) in [4.78, 5) is 35.3. The Balaban J connectivity index is 2.89. The lowest BCUT2D eigenvalue weighted by Gasteiger charge is -2.11. The van der Waals surface area contributed by atoms with Gasteiger partial charge in [-0.15, -0.1) is 0 Å². The zero-order valence-corrected chi connectivity index (χ0v) is 12.5. The minimum absolute atomic E-state index is 0.0367. The normalized spacial score (nSPS) is 11.4. The Hall–Kier alpha value is -2.47. The number of ether oxygens (including phenoxy) is 2. The van der Waals surface area contributed by atoms with Crippen LogP contribution in [0.4, 0.5) is 0 Å². The molecule has 0 fully saturated rings. The van der Waals surface area contributed by atoms with E-state index in [1.54, 1.807) is 13.0 Å². The molecule has 1 atom stereocenters. The van der Waals surface area contributed by atoms with Crippen molar-refractivity contribution in [3.63, 3.8) is 0 Å². The van der Waals surface area contributed by atoms with Crippen LogP contribution in [0.2, 0.25) is 0 Å². The Morgan fingerprint density at radius 1 is 1.18 bits per heavy atom. The Kier molecular flexibility index (Phi) is 6.47. The highest BCUT2D eigenvalue weighted by Gasteiger charge is 2.21. The van der Waals surface area contributed by atoms with E-state index in [4.69, 9.17) is 4.74 Å². The molecule has 0 radical (unpaired) electrons. The first kappa shape index (κ1) is 17.6. The molecule has 0 heterocycles. The summed E-state index contributed by atoms with van der Waals surface area (Å²) in [6, 6.07) is 5.80. The summed E-state index contributed by atoms with van der Waals surface area (Å²) >= 11 is 0. The van der Waals surface area contributed by atoms with E-state index >= 15 is 0 Å². The van der Waals surface area contributed by atoms with Gasteiger partial charge in [0, 0.05) is 5.57 Å². The van der Waals surface area contributed by atoms with Crippen molar-refractivity contribution < 1.29 is 29.0 Å². The number of hydrogen-bond acceptors (Lipinski definition) is 6. The number of esters is 3. The minimum Gasteiger partial charge on any atom is -0.459 e. The van der Waals surface area contributed by atoms with E-state index in [2.05, 4.69) is 11.3 Å². The fourth-order valence-electron chi connectivity index (χ4n) is 1.43. The molecule has 1 aromatic carbocycles. The standard InChI is InChI=1S/C16H18O6/c1-4-11(17)9-21-15(19)12-7-5-6-8-13(12)16(20)22-14(18)10(2)3/h5-8,11,17H,2,4,9H2,1,3H3. The van der Waals surface area contributed by atoms with Gasteiger partial charge in [-0.3, -0.25) is 0 Å². The zero-order valence-electron chi connectivity index (χ0n) is 12.5. The molecule has 22 heavy (non-hydrogen) atoms. The van der Waals surface area contributed by atoms with Gasteiger partial charge in [0.25, 0.3) is 0 Å². The van der Waals surface area contributed by atoms with Crippen LogP contribution in [0.25, 0.3) is 0 Å². The molecular formula is C16H18O6. The summed E-state index contributed by atoms with van der Waals surface area (Å²) in [6.45, 7) is 6.34. The molecular weight excluding hydrogens is 288 g/mol. The molecule has 118 valence electrons. The molecule has 6 heteroatoms. The lowest BCUT2D eigenvalue weighted by molar-refractivity contribution is -0.133. The van der Waals surface area contributed by atoms with Gasteiger partial charge in [-0.05, 0) is 25.5 Å². The van der Waals surface area contributed by atoms with Crippen LogP contribution in [-0.2, 0) is 14.3 Å². The maximum absolute atomic E-state index is 12.0. The van der Waals surface area contributed by atoms with E-state index in [-0.39, 0.29) is 23.3 Å². The molecule has 1 unspecified atom stereocenters. The van der Waals surface area contributed by atoms with Crippen LogP contribution in [0.3, 0.4) is 0 Å². The van der Waals surface area contributed by atoms with Gasteiger partial charge in [-0.1, -0.05) is 25.6 Å². The van der Waals surface area contributed by atoms with Gasteiger partial charge in [0.05, 0.1) is 17.2 Å². The molecule has 0 aliphatic heterocycles. The maximum atomic E-state index is 12.0. The smallest absolute Gasteiger partial charge is 0.346 e. The summed E-state index contributed by atoms with van der Waals surface area (Å²) in [5.74, 6) is -2.60. The monoisotopic (exact) mass is 306 g/mol. The third kappa shape index (κ3) is 4.82. The van der Waals surface area contributed by atoms with E-state index in [0.717, 1.165) is 0 Å². The first-order chi connectivity index (χ1) is 10.4. The quantitative estimate of drug-likeness (QED) is 0.490. The maximum Gasteiger partial charge on any atom is 0.346 e. The Labute approximate surface area is 128 Å². The first-order valence-electron chi connectivity index (χ1n) is 6.73. The predicted molar refractivity (Wildman–Crippen MR) is 78.3 cm³/mol. The van der Waals surface area contributed by atoms with E-state index in [0.29, 0.717) is 6.42 Å². The summed E-state index contributed by atoms with van der Waals surface area (Å²) in [5, 5.41) is 9.39. The third-order valence-electron chi connectivity index (χ3n) is 2.78. The number of aliphatic hydroxyl groups excluding tert-OH is 1. The first-order valence-corrected chi connectivity index (χ1v) is 6.73. The van der Waals surface area contributed by atoms with Crippen molar-refractivity contribution in [1.29, 1.82) is 0 Å². The number of benzene rings is 1. The second-order valence-electron chi connectivity index (χ2n) is 4.66. The molecule has 0 saturated heterocycles. The van der Waals surface area contributed by atoms with Gasteiger partial charge in [-0.2, -0.15) is 0 Å². The van der Waals surface area contributed by atoms with Crippen LogP contribution in [0.1, 0.15) is 41.0 Å². The Morgan fingerprint density at radius 2 is 1.73 bits per heavy atom. The predicted octanol–water partition coefficient (Wildman–Crippen LogP) is 1.87. The zero-order chi connectivity index (χ0) is 16.7. The van der Waals surface area contributed by atoms with Gasteiger partial charge in [-0.25, -0.2) is 14.4 Å². The molecule has 6 nitrogen and oxygen atoms in total. The van der Waals surface area contributed by atoms with Crippen LogP contribution in [0.5, 0.6) is 0 Å². The molecule has 0 aliphatic carbocycles. The fourth-order valence-corrected chi connectivity index (χ4v) is 1.43. The van der Waals surface area contributed by atoms with Crippen LogP contribution >= 0.6 is 0 Å². The van der Waals surface area contributed by atoms with Crippen LogP contribution in [-0.4, -0.2) is 35.7 Å². The Bertz CT molecular complexity index is 590. The largest absolute Gasteiger partial charge is 0.459 e. The number of rotatable bonds is 6. The van der Waals surface area contributed by atoms with Crippen molar-refractivity contribution in [2.24, 2.45) is 0 Å². The molecule has 0 saturated carbocycles. The average molecular weight is 306 g/mol. The summed E-state index contributed by atoms with van der Waals surface area (Å²) in [5.41, 5.74) is -0.0575. The van der Waals surface area contributed by atoms with Crippen molar-refractivity contribution in [3.8, 4) is 0 Å². The molecule has 1 N–H and O–H groups in total. The topological polar surface area (TPSA) is 89.9 Å². The van der Waals surface area contributed by atoms with Crippen LogP contribution < -0.4 is 0 Å². The number of hydrogen-bond donors (Lipinski definition) is 1. The second-order valence-corrected chi connectivity index (χ2v) is 4.66. The molecule has 0 amide bonds. The number of carbonyl (C=O) groups excluding carboxylic acids is 3. The summed E-state index contributed by atoms with van der Waals surface area (Å²) in [6.07, 6.45) is -0.336. The van der Waals surface area contributed by atoms with Gasteiger partial charge in [0.15, 0.2) is 0 Å². The highest BCUT2D eigenvalue weighted by Crippen LogP contribution is 2.13. The lowest BCUT2D eigenvalue weighted by Crippen LogP contribution is -2.21. The highest BCUT2D eigenvalue weighted by molar-refractivity contribution is 6.07. The number of aliphatic hydroxyl groups is 1. The van der Waals surface area contributed by atoms with Crippen molar-refractivity contribution in [1.82, 2.24) is 0 Å². The molecule has 0 spiro atoms. The second kappa shape index (κ2) is 8.09. The van der Waals surface area contributed by atoms with E-state index < -0.39 is 24.0 Å². The lowest BCUT2D eigenvalue weighted by atomic mass is 10.1. The fraction of sp³-hybridized carbons (Fsp3) is 0.312. The molecule has 0 aliphatic rings. The molecule has 1 aromatic rings. The minimum atomic E-state index is -0.961. The van der Waals surface area contributed by atoms with Crippen LogP contribution in [0, 0.1) is 0 Å². The van der Waals surface area contributed by atoms with Gasteiger partial charge in [0.2, 0.25) is 0 Å².